The second-order valence-corrected chi connectivity index (χ2v) is 6.23. The molecule has 98 valence electrons. The van der Waals surface area contributed by atoms with E-state index in [1.165, 1.54) is 5.56 Å². The Morgan fingerprint density at radius 1 is 1.17 bits per heavy atom. The highest BCUT2D eigenvalue weighted by Crippen LogP contribution is 2.36. The molecule has 18 heavy (non-hydrogen) atoms. The third kappa shape index (κ3) is 2.43. The van der Waals surface area contributed by atoms with E-state index in [0.717, 1.165) is 6.42 Å². The summed E-state index contributed by atoms with van der Waals surface area (Å²) in [6.45, 7) is 8.54. The SMILES string of the molecule is C[C@@H]1[C@H](c2ccccc2)CCC(=O)N1C(C)(C)C. The molecule has 1 aliphatic rings. The van der Waals surface area contributed by atoms with E-state index in [1.807, 2.05) is 6.07 Å². The van der Waals surface area contributed by atoms with Crippen LogP contribution in [0.25, 0.3) is 0 Å². The Morgan fingerprint density at radius 2 is 1.78 bits per heavy atom. The molecule has 0 saturated carbocycles. The van der Waals surface area contributed by atoms with Gasteiger partial charge in [0.1, 0.15) is 0 Å². The molecule has 2 atom stereocenters. The molecule has 1 fully saturated rings. The molecule has 1 amide bonds. The van der Waals surface area contributed by atoms with Gasteiger partial charge in [-0.05, 0) is 39.7 Å². The topological polar surface area (TPSA) is 20.3 Å². The van der Waals surface area contributed by atoms with Crippen LogP contribution < -0.4 is 0 Å². The fourth-order valence-corrected chi connectivity index (χ4v) is 3.18. The Morgan fingerprint density at radius 3 is 2.33 bits per heavy atom. The fraction of sp³-hybridized carbons (Fsp3) is 0.562. The van der Waals surface area contributed by atoms with E-state index in [-0.39, 0.29) is 11.6 Å². The summed E-state index contributed by atoms with van der Waals surface area (Å²) >= 11 is 0. The summed E-state index contributed by atoms with van der Waals surface area (Å²) in [5.41, 5.74) is 1.26. The van der Waals surface area contributed by atoms with Crippen molar-refractivity contribution in [1.82, 2.24) is 4.90 Å². The lowest BCUT2D eigenvalue weighted by Gasteiger charge is -2.47. The summed E-state index contributed by atoms with van der Waals surface area (Å²) in [6, 6.07) is 10.8. The summed E-state index contributed by atoms with van der Waals surface area (Å²) in [5.74, 6) is 0.755. The van der Waals surface area contributed by atoms with Gasteiger partial charge in [-0.2, -0.15) is 0 Å². The normalized spacial score (nSPS) is 25.3. The second kappa shape index (κ2) is 4.75. The van der Waals surface area contributed by atoms with E-state index >= 15 is 0 Å². The molecule has 0 aliphatic carbocycles. The lowest BCUT2D eigenvalue weighted by molar-refractivity contribution is -0.143. The first kappa shape index (κ1) is 13.1. The summed E-state index contributed by atoms with van der Waals surface area (Å²) < 4.78 is 0. The molecule has 1 aromatic carbocycles. The summed E-state index contributed by atoms with van der Waals surface area (Å²) in [6.07, 6.45) is 1.64. The van der Waals surface area contributed by atoms with E-state index in [1.54, 1.807) is 0 Å². The smallest absolute Gasteiger partial charge is 0.223 e. The lowest BCUT2D eigenvalue weighted by atomic mass is 9.82. The van der Waals surface area contributed by atoms with Gasteiger partial charge in [-0.3, -0.25) is 4.79 Å². The van der Waals surface area contributed by atoms with Crippen molar-refractivity contribution in [3.63, 3.8) is 0 Å². The summed E-state index contributed by atoms with van der Waals surface area (Å²) in [4.78, 5) is 14.2. The number of piperidine rings is 1. The predicted octanol–water partition coefficient (Wildman–Crippen LogP) is 3.58. The Balaban J connectivity index is 2.28. The average molecular weight is 245 g/mol. The Hall–Kier alpha value is -1.31. The molecule has 1 aromatic rings. The van der Waals surface area contributed by atoms with Crippen LogP contribution in [0.1, 0.15) is 52.0 Å². The van der Waals surface area contributed by atoms with Gasteiger partial charge in [-0.1, -0.05) is 30.3 Å². The first-order chi connectivity index (χ1) is 8.41. The van der Waals surface area contributed by atoms with Crippen molar-refractivity contribution in [3.05, 3.63) is 35.9 Å². The number of amides is 1. The third-order valence-corrected chi connectivity index (χ3v) is 3.88. The van der Waals surface area contributed by atoms with Gasteiger partial charge in [-0.25, -0.2) is 0 Å². The lowest BCUT2D eigenvalue weighted by Crippen LogP contribution is -2.55. The van der Waals surface area contributed by atoms with Gasteiger partial charge in [0.05, 0.1) is 0 Å². The number of hydrogen-bond donors (Lipinski definition) is 0. The Labute approximate surface area is 110 Å². The predicted molar refractivity (Wildman–Crippen MR) is 74.5 cm³/mol. The highest BCUT2D eigenvalue weighted by Gasteiger charge is 2.38. The molecule has 1 saturated heterocycles. The highest BCUT2D eigenvalue weighted by molar-refractivity contribution is 5.78. The van der Waals surface area contributed by atoms with Crippen LogP contribution in [0.15, 0.2) is 30.3 Å². The van der Waals surface area contributed by atoms with Crippen molar-refractivity contribution >= 4 is 5.91 Å². The molecule has 0 spiro atoms. The molecule has 0 bridgehead atoms. The molecule has 0 radical (unpaired) electrons. The minimum Gasteiger partial charge on any atom is -0.335 e. The van der Waals surface area contributed by atoms with Gasteiger partial charge in [0.25, 0.3) is 0 Å². The molecule has 2 rings (SSSR count). The molecule has 1 aliphatic heterocycles. The van der Waals surface area contributed by atoms with Crippen LogP contribution in [0.3, 0.4) is 0 Å². The molecule has 2 heteroatoms. The molecular weight excluding hydrogens is 222 g/mol. The fourth-order valence-electron chi connectivity index (χ4n) is 3.18. The third-order valence-electron chi connectivity index (χ3n) is 3.88. The number of hydrogen-bond acceptors (Lipinski definition) is 1. The maximum absolute atomic E-state index is 12.2. The van der Waals surface area contributed by atoms with Crippen molar-refractivity contribution < 1.29 is 4.79 Å². The number of likely N-dealkylation sites (tertiary alicyclic amines) is 1. The highest BCUT2D eigenvalue weighted by atomic mass is 16.2. The molecule has 0 aromatic heterocycles. The van der Waals surface area contributed by atoms with E-state index in [9.17, 15) is 4.79 Å². The maximum atomic E-state index is 12.2. The van der Waals surface area contributed by atoms with Gasteiger partial charge >= 0.3 is 0 Å². The van der Waals surface area contributed by atoms with Crippen molar-refractivity contribution in [2.45, 2.75) is 58.0 Å². The number of benzene rings is 1. The van der Waals surface area contributed by atoms with Crippen molar-refractivity contribution in [2.24, 2.45) is 0 Å². The van der Waals surface area contributed by atoms with Gasteiger partial charge < -0.3 is 4.90 Å². The zero-order chi connectivity index (χ0) is 13.3. The molecule has 2 nitrogen and oxygen atoms in total. The number of carbonyl (C=O) groups is 1. The molecule has 0 unspecified atom stereocenters. The number of nitrogens with zero attached hydrogens (tertiary/aromatic N) is 1. The Bertz CT molecular complexity index is 418. The van der Waals surface area contributed by atoms with Crippen LogP contribution in [-0.4, -0.2) is 22.4 Å². The van der Waals surface area contributed by atoms with Crippen LogP contribution in [0.4, 0.5) is 0 Å². The van der Waals surface area contributed by atoms with Crippen LogP contribution in [0.2, 0.25) is 0 Å². The van der Waals surface area contributed by atoms with E-state index in [4.69, 9.17) is 0 Å². The van der Waals surface area contributed by atoms with Crippen LogP contribution in [0, 0.1) is 0 Å². The molecular formula is C16H23NO. The first-order valence-corrected chi connectivity index (χ1v) is 6.78. The van der Waals surface area contributed by atoms with Crippen molar-refractivity contribution in [2.75, 3.05) is 0 Å². The van der Waals surface area contributed by atoms with Crippen molar-refractivity contribution in [1.29, 1.82) is 0 Å². The summed E-state index contributed by atoms with van der Waals surface area (Å²) in [5, 5.41) is 0. The minimum absolute atomic E-state index is 0.0933. The van der Waals surface area contributed by atoms with Gasteiger partial charge in [0, 0.05) is 23.9 Å². The van der Waals surface area contributed by atoms with Gasteiger partial charge in [0.2, 0.25) is 5.91 Å². The zero-order valence-electron chi connectivity index (χ0n) is 11.8. The van der Waals surface area contributed by atoms with Gasteiger partial charge in [-0.15, -0.1) is 0 Å². The first-order valence-electron chi connectivity index (χ1n) is 6.78. The minimum atomic E-state index is -0.0933. The standard InChI is InChI=1S/C16H23NO/c1-12-14(13-8-6-5-7-9-13)10-11-15(18)17(12)16(2,3)4/h5-9,12,14H,10-11H2,1-4H3/t12-,14-/m1/s1. The van der Waals surface area contributed by atoms with Crippen LogP contribution in [0.5, 0.6) is 0 Å². The van der Waals surface area contributed by atoms with Crippen LogP contribution >= 0.6 is 0 Å². The monoisotopic (exact) mass is 245 g/mol. The number of carbonyl (C=O) groups excluding carboxylic acids is 1. The second-order valence-electron chi connectivity index (χ2n) is 6.23. The van der Waals surface area contributed by atoms with Crippen LogP contribution in [-0.2, 0) is 4.79 Å². The van der Waals surface area contributed by atoms with Gasteiger partial charge in [0.15, 0.2) is 0 Å². The van der Waals surface area contributed by atoms with E-state index < -0.39 is 0 Å². The number of rotatable bonds is 1. The quantitative estimate of drug-likeness (QED) is 0.740. The summed E-state index contributed by atoms with van der Waals surface area (Å²) in [7, 11) is 0. The maximum Gasteiger partial charge on any atom is 0.223 e. The molecule has 0 N–H and O–H groups in total. The van der Waals surface area contributed by atoms with E-state index in [0.29, 0.717) is 18.2 Å². The Kier molecular flexibility index (Phi) is 3.47. The average Bonchev–Trinajstić information content (AvgIpc) is 2.28. The zero-order valence-corrected chi connectivity index (χ0v) is 11.8. The van der Waals surface area contributed by atoms with E-state index in [2.05, 4.69) is 56.9 Å². The molecule has 1 heterocycles. The van der Waals surface area contributed by atoms with Crippen molar-refractivity contribution in [3.8, 4) is 0 Å². The largest absolute Gasteiger partial charge is 0.335 e.